The van der Waals surface area contributed by atoms with Gasteiger partial charge in [-0.3, -0.25) is 4.79 Å². The van der Waals surface area contributed by atoms with Crippen LogP contribution >= 0.6 is 0 Å². The van der Waals surface area contributed by atoms with E-state index in [1.165, 1.54) is 0 Å². The summed E-state index contributed by atoms with van der Waals surface area (Å²) in [5.41, 5.74) is 7.14. The molecule has 0 aliphatic carbocycles. The van der Waals surface area contributed by atoms with E-state index in [1.54, 1.807) is 12.1 Å². The predicted octanol–water partition coefficient (Wildman–Crippen LogP) is 1.47. The number of aliphatic hydroxyl groups excluding tert-OH is 1. The number of aryl methyl sites for hydroxylation is 1. The average molecular weight is 236 g/mol. The third-order valence-electron chi connectivity index (χ3n) is 2.91. The maximum Gasteiger partial charge on any atom is 0.251 e. The molecule has 0 aliphatic heterocycles. The fraction of sp³-hybridized carbons (Fsp3) is 0.462. The van der Waals surface area contributed by atoms with Crippen molar-refractivity contribution in [2.75, 3.05) is 12.3 Å². The minimum atomic E-state index is -0.588. The normalized spacial score (nSPS) is 14.1. The third-order valence-corrected chi connectivity index (χ3v) is 2.91. The van der Waals surface area contributed by atoms with E-state index in [-0.39, 0.29) is 12.5 Å². The highest BCUT2D eigenvalue weighted by Crippen LogP contribution is 2.14. The first kappa shape index (κ1) is 13.5. The Labute approximate surface area is 102 Å². The molecule has 1 atom stereocenters. The number of nitrogen functional groups attached to an aromatic ring is 1. The molecule has 0 radical (unpaired) electrons. The zero-order valence-corrected chi connectivity index (χ0v) is 10.6. The number of rotatable bonds is 4. The van der Waals surface area contributed by atoms with E-state index in [2.05, 4.69) is 5.32 Å². The molecular weight excluding hydrogens is 216 g/mol. The Balaban J connectivity index is 2.90. The van der Waals surface area contributed by atoms with Gasteiger partial charge in [0.15, 0.2) is 0 Å². The van der Waals surface area contributed by atoms with Crippen LogP contribution in [0.15, 0.2) is 18.2 Å². The molecule has 0 bridgehead atoms. The van der Waals surface area contributed by atoms with Crippen molar-refractivity contribution in [2.45, 2.75) is 32.7 Å². The van der Waals surface area contributed by atoms with Crippen LogP contribution in [-0.2, 0) is 0 Å². The van der Waals surface area contributed by atoms with E-state index in [1.807, 2.05) is 26.8 Å². The molecule has 1 amide bonds. The number of carbonyl (C=O) groups is 1. The summed E-state index contributed by atoms with van der Waals surface area (Å²) in [6, 6.07) is 5.22. The van der Waals surface area contributed by atoms with Crippen LogP contribution in [0.4, 0.5) is 5.69 Å². The van der Waals surface area contributed by atoms with Crippen LogP contribution in [0.1, 0.15) is 36.2 Å². The maximum absolute atomic E-state index is 12.0. The van der Waals surface area contributed by atoms with Gasteiger partial charge in [-0.1, -0.05) is 6.92 Å². The molecule has 0 saturated carbocycles. The minimum Gasteiger partial charge on any atom is -0.399 e. The predicted molar refractivity (Wildman–Crippen MR) is 68.8 cm³/mol. The fourth-order valence-corrected chi connectivity index (χ4v) is 1.53. The van der Waals surface area contributed by atoms with Crippen molar-refractivity contribution in [3.8, 4) is 0 Å². The lowest BCUT2D eigenvalue weighted by Gasteiger charge is -2.27. The van der Waals surface area contributed by atoms with E-state index in [9.17, 15) is 9.90 Å². The summed E-state index contributed by atoms with van der Waals surface area (Å²) in [4.78, 5) is 12.0. The van der Waals surface area contributed by atoms with Gasteiger partial charge in [0.2, 0.25) is 0 Å². The lowest BCUT2D eigenvalue weighted by molar-refractivity contribution is 0.0847. The van der Waals surface area contributed by atoms with Crippen molar-refractivity contribution >= 4 is 11.6 Å². The second-order valence-corrected chi connectivity index (χ2v) is 4.66. The van der Waals surface area contributed by atoms with Gasteiger partial charge in [0.1, 0.15) is 0 Å². The van der Waals surface area contributed by atoms with Crippen molar-refractivity contribution < 1.29 is 9.90 Å². The van der Waals surface area contributed by atoms with Gasteiger partial charge in [-0.2, -0.15) is 0 Å². The number of benzene rings is 1. The largest absolute Gasteiger partial charge is 0.399 e. The Morgan fingerprint density at radius 3 is 2.59 bits per heavy atom. The summed E-state index contributed by atoms with van der Waals surface area (Å²) in [6.45, 7) is 5.53. The lowest BCUT2D eigenvalue weighted by Crippen LogP contribution is -2.48. The number of hydrogen-bond donors (Lipinski definition) is 3. The zero-order chi connectivity index (χ0) is 13.1. The van der Waals surface area contributed by atoms with E-state index in [0.29, 0.717) is 17.7 Å². The number of amides is 1. The molecular formula is C13H20N2O2. The molecule has 0 spiro atoms. The minimum absolute atomic E-state index is 0.0868. The number of aliphatic hydroxyl groups is 1. The van der Waals surface area contributed by atoms with Crippen molar-refractivity contribution in [2.24, 2.45) is 0 Å². The molecule has 0 fully saturated rings. The average Bonchev–Trinajstić information content (AvgIpc) is 2.27. The fourth-order valence-electron chi connectivity index (χ4n) is 1.53. The van der Waals surface area contributed by atoms with Gasteiger partial charge in [0.05, 0.1) is 12.1 Å². The van der Waals surface area contributed by atoms with Gasteiger partial charge < -0.3 is 16.2 Å². The van der Waals surface area contributed by atoms with Crippen molar-refractivity contribution in [1.82, 2.24) is 5.32 Å². The monoisotopic (exact) mass is 236 g/mol. The molecule has 1 unspecified atom stereocenters. The van der Waals surface area contributed by atoms with E-state index >= 15 is 0 Å². The van der Waals surface area contributed by atoms with E-state index in [0.717, 1.165) is 5.56 Å². The van der Waals surface area contributed by atoms with Crippen molar-refractivity contribution in [3.63, 3.8) is 0 Å². The summed E-state index contributed by atoms with van der Waals surface area (Å²) in [5, 5.41) is 12.1. The first-order chi connectivity index (χ1) is 7.90. The SMILES string of the molecule is CCC(C)(CO)NC(=O)c1cc(C)cc(N)c1. The number of nitrogens with one attached hydrogen (secondary N) is 1. The molecule has 17 heavy (non-hydrogen) atoms. The molecule has 1 rings (SSSR count). The Kier molecular flexibility index (Phi) is 4.12. The highest BCUT2D eigenvalue weighted by Gasteiger charge is 2.23. The number of carbonyl (C=O) groups excluding carboxylic acids is 1. The van der Waals surface area contributed by atoms with Gasteiger partial charge in [-0.05, 0) is 44.0 Å². The molecule has 4 N–H and O–H groups in total. The Morgan fingerprint density at radius 2 is 2.12 bits per heavy atom. The zero-order valence-electron chi connectivity index (χ0n) is 10.6. The lowest BCUT2D eigenvalue weighted by atomic mass is 9.99. The van der Waals surface area contributed by atoms with Crippen LogP contribution < -0.4 is 11.1 Å². The van der Waals surface area contributed by atoms with E-state index in [4.69, 9.17) is 5.73 Å². The van der Waals surface area contributed by atoms with Gasteiger partial charge in [0, 0.05) is 11.3 Å². The summed E-state index contributed by atoms with van der Waals surface area (Å²) in [6.07, 6.45) is 0.663. The van der Waals surface area contributed by atoms with Crippen LogP contribution in [0.5, 0.6) is 0 Å². The Bertz CT molecular complexity index is 392. The molecule has 1 aromatic carbocycles. The first-order valence-electron chi connectivity index (χ1n) is 5.71. The van der Waals surface area contributed by atoms with Crippen LogP contribution in [0.3, 0.4) is 0 Å². The van der Waals surface area contributed by atoms with Crippen LogP contribution in [0, 0.1) is 6.92 Å². The molecule has 4 nitrogen and oxygen atoms in total. The van der Waals surface area contributed by atoms with Crippen molar-refractivity contribution in [3.05, 3.63) is 29.3 Å². The Hall–Kier alpha value is -1.55. The van der Waals surface area contributed by atoms with Crippen molar-refractivity contribution in [1.29, 1.82) is 0 Å². The van der Waals surface area contributed by atoms with Crippen LogP contribution in [0.2, 0.25) is 0 Å². The Morgan fingerprint density at radius 1 is 1.47 bits per heavy atom. The number of hydrogen-bond acceptors (Lipinski definition) is 3. The number of anilines is 1. The molecule has 1 aromatic rings. The second-order valence-electron chi connectivity index (χ2n) is 4.66. The van der Waals surface area contributed by atoms with E-state index < -0.39 is 5.54 Å². The summed E-state index contributed by atoms with van der Waals surface area (Å²) >= 11 is 0. The molecule has 0 aromatic heterocycles. The standard InChI is InChI=1S/C13H20N2O2/c1-4-13(3,8-16)15-12(17)10-5-9(2)6-11(14)7-10/h5-7,16H,4,8,14H2,1-3H3,(H,15,17). The van der Waals surface area contributed by atoms with Gasteiger partial charge in [-0.15, -0.1) is 0 Å². The molecule has 0 saturated heterocycles. The van der Waals surface area contributed by atoms with Gasteiger partial charge in [0.25, 0.3) is 5.91 Å². The van der Waals surface area contributed by atoms with Crippen LogP contribution in [-0.4, -0.2) is 23.2 Å². The third kappa shape index (κ3) is 3.46. The summed E-state index contributed by atoms with van der Waals surface area (Å²) < 4.78 is 0. The molecule has 0 heterocycles. The highest BCUT2D eigenvalue weighted by atomic mass is 16.3. The second kappa shape index (κ2) is 5.19. The quantitative estimate of drug-likeness (QED) is 0.693. The van der Waals surface area contributed by atoms with Crippen LogP contribution in [0.25, 0.3) is 0 Å². The van der Waals surface area contributed by atoms with Gasteiger partial charge >= 0.3 is 0 Å². The molecule has 94 valence electrons. The summed E-state index contributed by atoms with van der Waals surface area (Å²) in [5.74, 6) is -0.209. The highest BCUT2D eigenvalue weighted by molar-refractivity contribution is 5.95. The summed E-state index contributed by atoms with van der Waals surface area (Å²) in [7, 11) is 0. The maximum atomic E-state index is 12.0. The molecule has 4 heteroatoms. The molecule has 0 aliphatic rings. The number of nitrogens with two attached hydrogens (primary N) is 1. The topological polar surface area (TPSA) is 75.3 Å². The van der Waals surface area contributed by atoms with Gasteiger partial charge in [-0.25, -0.2) is 0 Å². The first-order valence-corrected chi connectivity index (χ1v) is 5.71. The smallest absolute Gasteiger partial charge is 0.251 e.